The molecule has 2 rings (SSSR count). The van der Waals surface area contributed by atoms with Crippen LogP contribution in [0.5, 0.6) is 0 Å². The van der Waals surface area contributed by atoms with Gasteiger partial charge in [0.25, 0.3) is 0 Å². The maximum Gasteiger partial charge on any atom is 0.214 e. The summed E-state index contributed by atoms with van der Waals surface area (Å²) < 4.78 is 15.9. The molecule has 136 valence electrons. The number of hydrogen-bond acceptors (Lipinski definition) is 9. The molecule has 0 unspecified atom stereocenters. The number of aliphatic hydroxyl groups is 6. The summed E-state index contributed by atoms with van der Waals surface area (Å²) in [6.45, 7) is -0.644. The topological polar surface area (TPSA) is 149 Å². The van der Waals surface area contributed by atoms with Gasteiger partial charge < -0.3 is 44.8 Å². The van der Waals surface area contributed by atoms with Crippen LogP contribution in [0.1, 0.15) is 0 Å². The molecule has 2 aliphatic rings. The molecule has 2 aliphatic heterocycles. The Bertz CT molecular complexity index is 401. The molecule has 2 saturated heterocycles. The molecule has 0 aromatic rings. The van der Waals surface area contributed by atoms with Crippen LogP contribution in [0.2, 0.25) is 0 Å². The van der Waals surface area contributed by atoms with Gasteiger partial charge in [-0.1, -0.05) is 0 Å². The summed E-state index contributed by atoms with van der Waals surface area (Å²) in [5, 5.41) is 58.6. The van der Waals surface area contributed by atoms with Crippen LogP contribution in [0.4, 0.5) is 0 Å². The smallest absolute Gasteiger partial charge is 0.214 e. The van der Waals surface area contributed by atoms with Crippen LogP contribution in [0.15, 0.2) is 0 Å². The quantitative estimate of drug-likeness (QED) is 0.277. The summed E-state index contributed by atoms with van der Waals surface area (Å²) >= 11 is 11.4. The van der Waals surface area contributed by atoms with Gasteiger partial charge in [0.1, 0.15) is 42.7 Å². The van der Waals surface area contributed by atoms with Gasteiger partial charge in [0.05, 0.1) is 18.4 Å². The minimum absolute atomic E-state index is 0.144. The van der Waals surface area contributed by atoms with E-state index in [0.717, 1.165) is 0 Å². The highest BCUT2D eigenvalue weighted by atomic mass is 35.5. The number of ether oxygens (including phenoxy) is 3. The monoisotopic (exact) mass is 378 g/mol. The second-order valence-corrected chi connectivity index (χ2v) is 6.08. The highest BCUT2D eigenvalue weighted by Crippen LogP contribution is 2.37. The maximum absolute atomic E-state index is 10.1. The fraction of sp³-hybridized carbons (Fsp3) is 1.00. The van der Waals surface area contributed by atoms with E-state index < -0.39 is 67.3 Å². The minimum Gasteiger partial charge on any atom is -0.394 e. The average molecular weight is 379 g/mol. The van der Waals surface area contributed by atoms with Crippen LogP contribution in [0, 0.1) is 0 Å². The van der Waals surface area contributed by atoms with Gasteiger partial charge in [-0.3, -0.25) is 0 Å². The summed E-state index contributed by atoms with van der Waals surface area (Å²) in [6, 6.07) is 0. The molecule has 23 heavy (non-hydrogen) atoms. The van der Waals surface area contributed by atoms with Crippen LogP contribution in [0.25, 0.3) is 0 Å². The molecule has 0 saturated carbocycles. The molecule has 2 fully saturated rings. The van der Waals surface area contributed by atoms with Crippen LogP contribution in [-0.4, -0.2) is 104 Å². The largest absolute Gasteiger partial charge is 0.394 e. The van der Waals surface area contributed by atoms with Gasteiger partial charge in [-0.15, -0.1) is 23.2 Å². The first-order valence-corrected chi connectivity index (χ1v) is 8.02. The SMILES string of the molecule is OC[C@H]1O[C@H](O[C@@]2(CCl)O[C@H](CCl)[C@@H](O)[C@@H]2O)[C@H](O)[C@@H](O)[C@@H]1O. The highest BCUT2D eigenvalue weighted by Gasteiger charge is 2.58. The van der Waals surface area contributed by atoms with Crippen molar-refractivity contribution in [3.05, 3.63) is 0 Å². The van der Waals surface area contributed by atoms with Crippen LogP contribution in [0.3, 0.4) is 0 Å². The molecule has 0 aromatic carbocycles. The lowest BCUT2D eigenvalue weighted by Gasteiger charge is -2.43. The molecule has 11 heteroatoms. The Kier molecular flexibility index (Phi) is 6.48. The Morgan fingerprint density at radius 2 is 1.57 bits per heavy atom. The lowest BCUT2D eigenvalue weighted by molar-refractivity contribution is -0.371. The van der Waals surface area contributed by atoms with Gasteiger partial charge in [0.2, 0.25) is 5.79 Å². The first-order chi connectivity index (χ1) is 10.8. The van der Waals surface area contributed by atoms with Gasteiger partial charge in [-0.25, -0.2) is 0 Å². The zero-order valence-corrected chi connectivity index (χ0v) is 13.4. The standard InChI is InChI=1S/C12H20Cl2O9/c13-1-4-7(17)10(20)12(3-14,22-4)23-11-9(19)8(18)6(16)5(2-15)21-11/h4-11,15-20H,1-3H2/t4-,5-,6-,7-,8+,9-,10+,11-,12-/m1/s1. The van der Waals surface area contributed by atoms with Crippen LogP contribution >= 0.6 is 23.2 Å². The van der Waals surface area contributed by atoms with Crippen molar-refractivity contribution >= 4 is 23.2 Å². The normalized spacial score (nSPS) is 51.1. The van der Waals surface area contributed by atoms with Crippen molar-refractivity contribution in [2.45, 2.75) is 54.8 Å². The summed E-state index contributed by atoms with van der Waals surface area (Å²) in [5.74, 6) is -2.52. The fourth-order valence-electron chi connectivity index (χ4n) is 2.58. The molecular weight excluding hydrogens is 359 g/mol. The van der Waals surface area contributed by atoms with Gasteiger partial charge in [0, 0.05) is 0 Å². The highest BCUT2D eigenvalue weighted by molar-refractivity contribution is 6.19. The molecule has 0 bridgehead atoms. The summed E-state index contributed by atoms with van der Waals surface area (Å²) in [4.78, 5) is 0. The van der Waals surface area contributed by atoms with E-state index in [-0.39, 0.29) is 5.88 Å². The molecule has 9 atom stereocenters. The fourth-order valence-corrected chi connectivity index (χ4v) is 3.11. The van der Waals surface area contributed by atoms with Crippen molar-refractivity contribution < 1.29 is 44.8 Å². The second-order valence-electron chi connectivity index (χ2n) is 5.51. The number of halogens is 2. The molecule has 0 spiro atoms. The van der Waals surface area contributed by atoms with Crippen molar-refractivity contribution in [2.24, 2.45) is 0 Å². The summed E-state index contributed by atoms with van der Waals surface area (Å²) in [7, 11) is 0. The Morgan fingerprint density at radius 3 is 2.04 bits per heavy atom. The molecule has 0 aliphatic carbocycles. The third-order valence-corrected chi connectivity index (χ3v) is 4.69. The van der Waals surface area contributed by atoms with Crippen molar-refractivity contribution in [2.75, 3.05) is 18.4 Å². The predicted molar refractivity (Wildman–Crippen MR) is 75.9 cm³/mol. The van der Waals surface area contributed by atoms with E-state index >= 15 is 0 Å². The van der Waals surface area contributed by atoms with Crippen LogP contribution in [-0.2, 0) is 14.2 Å². The lowest BCUT2D eigenvalue weighted by atomic mass is 9.99. The molecule has 0 aromatic heterocycles. The van der Waals surface area contributed by atoms with Gasteiger partial charge in [-0.2, -0.15) is 0 Å². The van der Waals surface area contributed by atoms with E-state index in [0.29, 0.717) is 0 Å². The lowest BCUT2D eigenvalue weighted by Crippen LogP contribution is -2.62. The Balaban J connectivity index is 2.18. The van der Waals surface area contributed by atoms with E-state index in [1.165, 1.54) is 0 Å². The second kappa shape index (κ2) is 7.63. The first-order valence-electron chi connectivity index (χ1n) is 6.95. The zero-order valence-electron chi connectivity index (χ0n) is 11.9. The van der Waals surface area contributed by atoms with E-state index in [1.807, 2.05) is 0 Å². The Hall–Kier alpha value is 0.220. The maximum atomic E-state index is 10.1. The van der Waals surface area contributed by atoms with Crippen molar-refractivity contribution in [3.8, 4) is 0 Å². The molecule has 2 heterocycles. The van der Waals surface area contributed by atoms with E-state index in [4.69, 9.17) is 42.5 Å². The number of alkyl halides is 2. The van der Waals surface area contributed by atoms with Crippen molar-refractivity contribution in [1.29, 1.82) is 0 Å². The average Bonchev–Trinajstić information content (AvgIpc) is 2.80. The number of aliphatic hydroxyl groups excluding tert-OH is 6. The molecule has 9 nitrogen and oxygen atoms in total. The number of rotatable bonds is 5. The van der Waals surface area contributed by atoms with E-state index in [1.54, 1.807) is 0 Å². The Morgan fingerprint density at radius 1 is 0.913 bits per heavy atom. The van der Waals surface area contributed by atoms with Gasteiger partial charge >= 0.3 is 0 Å². The Labute approximate surface area is 141 Å². The van der Waals surface area contributed by atoms with Crippen molar-refractivity contribution in [1.82, 2.24) is 0 Å². The van der Waals surface area contributed by atoms with Gasteiger partial charge in [0.15, 0.2) is 6.29 Å². The third kappa shape index (κ3) is 3.46. The minimum atomic E-state index is -1.94. The molecule has 6 N–H and O–H groups in total. The zero-order chi connectivity index (χ0) is 17.4. The van der Waals surface area contributed by atoms with E-state index in [9.17, 15) is 25.5 Å². The van der Waals surface area contributed by atoms with Gasteiger partial charge in [-0.05, 0) is 0 Å². The van der Waals surface area contributed by atoms with Crippen LogP contribution < -0.4 is 0 Å². The summed E-state index contributed by atoms with van der Waals surface area (Å²) in [6.07, 6.45) is -11.6. The predicted octanol–water partition coefficient (Wildman–Crippen LogP) is -2.90. The van der Waals surface area contributed by atoms with Crippen molar-refractivity contribution in [3.63, 3.8) is 0 Å². The first kappa shape index (κ1) is 19.5. The molecule has 0 radical (unpaired) electrons. The third-order valence-electron chi connectivity index (χ3n) is 4.01. The molecule has 0 amide bonds. The van der Waals surface area contributed by atoms with E-state index in [2.05, 4.69) is 0 Å². The summed E-state index contributed by atoms with van der Waals surface area (Å²) in [5.41, 5.74) is 0. The number of hydrogen-bond donors (Lipinski definition) is 6. The molecular formula is C12H20Cl2O9.